The molecule has 1 aromatic heterocycles. The van der Waals surface area contributed by atoms with Crippen LogP contribution < -0.4 is 5.32 Å². The number of amides is 1. The lowest BCUT2D eigenvalue weighted by atomic mass is 10.2. The summed E-state index contributed by atoms with van der Waals surface area (Å²) in [5.41, 5.74) is 2.88. The van der Waals surface area contributed by atoms with Crippen LogP contribution in [0, 0.1) is 6.92 Å². The number of fused-ring (bicyclic) bond motifs is 1. The molecule has 5 nitrogen and oxygen atoms in total. The average Bonchev–Trinajstić information content (AvgIpc) is 3.00. The number of hydrogen-bond acceptors (Lipinski definition) is 3. The van der Waals surface area contributed by atoms with Crippen LogP contribution in [0.15, 0.2) is 51.5 Å². The van der Waals surface area contributed by atoms with Crippen LogP contribution in [0.1, 0.15) is 15.9 Å². The van der Waals surface area contributed by atoms with Gasteiger partial charge in [0.25, 0.3) is 5.91 Å². The molecule has 0 saturated carbocycles. The Hall–Kier alpha value is -2.12. The molecule has 0 unspecified atom stereocenters. The number of anilines is 1. The van der Waals surface area contributed by atoms with Crippen molar-refractivity contribution in [1.82, 2.24) is 4.98 Å². The Bertz CT molecular complexity index is 943. The van der Waals surface area contributed by atoms with Crippen molar-refractivity contribution in [3.8, 4) is 0 Å². The van der Waals surface area contributed by atoms with Gasteiger partial charge in [-0.1, -0.05) is 18.2 Å². The number of esters is 1. The van der Waals surface area contributed by atoms with Crippen LogP contribution in [0.2, 0.25) is 0 Å². The first-order chi connectivity index (χ1) is 12.0. The molecule has 1 amide bonds. The van der Waals surface area contributed by atoms with E-state index >= 15 is 0 Å². The van der Waals surface area contributed by atoms with E-state index in [0.717, 1.165) is 25.4 Å². The summed E-state index contributed by atoms with van der Waals surface area (Å²) in [4.78, 5) is 27.3. The minimum absolute atomic E-state index is 0.370. The monoisotopic (exact) mass is 464 g/mol. The zero-order chi connectivity index (χ0) is 18.0. The van der Waals surface area contributed by atoms with Gasteiger partial charge in [0.05, 0.1) is 11.3 Å². The van der Waals surface area contributed by atoms with Crippen LogP contribution in [0.4, 0.5) is 5.69 Å². The highest BCUT2D eigenvalue weighted by Gasteiger charge is 2.16. The number of ether oxygens (including phenoxy) is 1. The number of H-pyrrole nitrogens is 1. The molecule has 1 heterocycles. The molecule has 0 saturated heterocycles. The predicted octanol–water partition coefficient (Wildman–Crippen LogP) is 4.80. The summed E-state index contributed by atoms with van der Waals surface area (Å²) in [5, 5.41) is 3.49. The summed E-state index contributed by atoms with van der Waals surface area (Å²) < 4.78 is 6.62. The third-order valence-electron chi connectivity index (χ3n) is 3.59. The summed E-state index contributed by atoms with van der Waals surface area (Å²) in [6.45, 7) is 1.58. The van der Waals surface area contributed by atoms with Crippen molar-refractivity contribution in [2.75, 3.05) is 11.9 Å². The first kappa shape index (κ1) is 17.7. The van der Waals surface area contributed by atoms with E-state index in [2.05, 4.69) is 42.2 Å². The second kappa shape index (κ2) is 7.41. The third kappa shape index (κ3) is 3.93. The molecule has 7 heteroatoms. The smallest absolute Gasteiger partial charge is 0.340 e. The van der Waals surface area contributed by atoms with Gasteiger partial charge in [0.15, 0.2) is 6.61 Å². The molecule has 0 aliphatic heterocycles. The Kier molecular flexibility index (Phi) is 5.24. The molecule has 128 valence electrons. The number of carbonyl (C=O) groups excluding carboxylic acids is 2. The number of rotatable bonds is 4. The van der Waals surface area contributed by atoms with Gasteiger partial charge in [-0.25, -0.2) is 4.79 Å². The molecule has 25 heavy (non-hydrogen) atoms. The van der Waals surface area contributed by atoms with Gasteiger partial charge in [-0.2, -0.15) is 0 Å². The van der Waals surface area contributed by atoms with Crippen LogP contribution in [0.25, 0.3) is 10.9 Å². The number of aromatic amines is 1. The summed E-state index contributed by atoms with van der Waals surface area (Å²) >= 11 is 6.82. The van der Waals surface area contributed by atoms with E-state index in [-0.39, 0.29) is 6.61 Å². The van der Waals surface area contributed by atoms with Crippen LogP contribution in [-0.2, 0) is 9.53 Å². The lowest BCUT2D eigenvalue weighted by Gasteiger charge is -2.11. The average molecular weight is 466 g/mol. The summed E-state index contributed by atoms with van der Waals surface area (Å²) in [5.74, 6) is -0.965. The summed E-state index contributed by atoms with van der Waals surface area (Å²) in [6.07, 6.45) is 1.58. The quantitative estimate of drug-likeness (QED) is 0.544. The highest BCUT2D eigenvalue weighted by Crippen LogP contribution is 2.32. The molecule has 0 spiro atoms. The van der Waals surface area contributed by atoms with Gasteiger partial charge in [-0.15, -0.1) is 0 Å². The van der Waals surface area contributed by atoms with Crippen LogP contribution >= 0.6 is 31.9 Å². The molecule has 3 aromatic rings. The zero-order valence-corrected chi connectivity index (χ0v) is 16.4. The van der Waals surface area contributed by atoms with Crippen molar-refractivity contribution >= 4 is 60.3 Å². The Morgan fingerprint density at radius 3 is 2.56 bits per heavy atom. The molecule has 0 aliphatic rings. The van der Waals surface area contributed by atoms with Crippen molar-refractivity contribution in [3.63, 3.8) is 0 Å². The molecule has 0 aliphatic carbocycles. The maximum absolute atomic E-state index is 12.2. The van der Waals surface area contributed by atoms with E-state index in [1.165, 1.54) is 0 Å². The maximum Gasteiger partial charge on any atom is 0.340 e. The number of hydrogen-bond donors (Lipinski definition) is 2. The van der Waals surface area contributed by atoms with Gasteiger partial charge in [0.2, 0.25) is 0 Å². The molecule has 0 atom stereocenters. The lowest BCUT2D eigenvalue weighted by Crippen LogP contribution is -2.21. The van der Waals surface area contributed by atoms with E-state index in [0.29, 0.717) is 11.3 Å². The van der Waals surface area contributed by atoms with E-state index in [1.54, 1.807) is 6.20 Å². The number of para-hydroxylation sites is 1. The van der Waals surface area contributed by atoms with Crippen LogP contribution in [-0.4, -0.2) is 23.5 Å². The highest BCUT2D eigenvalue weighted by atomic mass is 79.9. The van der Waals surface area contributed by atoms with E-state index in [9.17, 15) is 9.59 Å². The number of nitrogens with one attached hydrogen (secondary N) is 2. The SMILES string of the molecule is Cc1cc(Br)c(NC(=O)COC(=O)c2c[nH]c3ccccc23)c(Br)c1. The fraction of sp³-hybridized carbons (Fsp3) is 0.111. The van der Waals surface area contributed by atoms with E-state index in [1.807, 2.05) is 43.3 Å². The normalized spacial score (nSPS) is 10.7. The molecule has 3 rings (SSSR count). The van der Waals surface area contributed by atoms with Crippen molar-refractivity contribution in [2.45, 2.75) is 6.92 Å². The number of aryl methyl sites for hydroxylation is 1. The summed E-state index contributed by atoms with van der Waals surface area (Å²) in [7, 11) is 0. The number of halogens is 2. The molecule has 2 aromatic carbocycles. The Labute approximate surface area is 161 Å². The largest absolute Gasteiger partial charge is 0.452 e. The third-order valence-corrected chi connectivity index (χ3v) is 4.85. The fourth-order valence-corrected chi connectivity index (χ4v) is 4.06. The van der Waals surface area contributed by atoms with Crippen molar-refractivity contribution in [2.24, 2.45) is 0 Å². The van der Waals surface area contributed by atoms with Gasteiger partial charge in [0.1, 0.15) is 0 Å². The minimum Gasteiger partial charge on any atom is -0.452 e. The Morgan fingerprint density at radius 2 is 1.84 bits per heavy atom. The van der Waals surface area contributed by atoms with Gasteiger partial charge >= 0.3 is 5.97 Å². The van der Waals surface area contributed by atoms with Gasteiger partial charge in [0, 0.05) is 26.0 Å². The Morgan fingerprint density at radius 1 is 1.16 bits per heavy atom. The predicted molar refractivity (Wildman–Crippen MR) is 104 cm³/mol. The zero-order valence-electron chi connectivity index (χ0n) is 13.2. The molecule has 0 radical (unpaired) electrons. The molecule has 2 N–H and O–H groups in total. The highest BCUT2D eigenvalue weighted by molar-refractivity contribution is 9.11. The Balaban J connectivity index is 1.66. The standard InChI is InChI=1S/C18H14Br2N2O3/c1-10-6-13(19)17(14(20)7-10)22-16(23)9-25-18(24)12-8-21-15-5-3-2-4-11(12)15/h2-8,21H,9H2,1H3,(H,22,23). The van der Waals surface area contributed by atoms with Crippen molar-refractivity contribution in [3.05, 3.63) is 62.7 Å². The van der Waals surface area contributed by atoms with Crippen molar-refractivity contribution in [1.29, 1.82) is 0 Å². The molecule has 0 bridgehead atoms. The summed E-state index contributed by atoms with van der Waals surface area (Å²) in [6, 6.07) is 11.2. The van der Waals surface area contributed by atoms with Crippen LogP contribution in [0.3, 0.4) is 0 Å². The second-order valence-corrected chi connectivity index (χ2v) is 7.18. The van der Waals surface area contributed by atoms with E-state index in [4.69, 9.17) is 4.74 Å². The van der Waals surface area contributed by atoms with Gasteiger partial charge < -0.3 is 15.0 Å². The van der Waals surface area contributed by atoms with E-state index < -0.39 is 11.9 Å². The molecular formula is C18H14Br2N2O3. The first-order valence-electron chi connectivity index (χ1n) is 7.44. The minimum atomic E-state index is -0.547. The maximum atomic E-state index is 12.2. The van der Waals surface area contributed by atoms with Crippen molar-refractivity contribution < 1.29 is 14.3 Å². The second-order valence-electron chi connectivity index (χ2n) is 5.48. The van der Waals surface area contributed by atoms with Gasteiger partial charge in [-0.3, -0.25) is 4.79 Å². The number of aromatic nitrogens is 1. The fourth-order valence-electron chi connectivity index (χ4n) is 2.44. The van der Waals surface area contributed by atoms with Gasteiger partial charge in [-0.05, 0) is 62.5 Å². The first-order valence-corrected chi connectivity index (χ1v) is 9.03. The molecule has 0 fully saturated rings. The van der Waals surface area contributed by atoms with Crippen LogP contribution in [0.5, 0.6) is 0 Å². The number of benzene rings is 2. The lowest BCUT2D eigenvalue weighted by molar-refractivity contribution is -0.119. The number of carbonyl (C=O) groups is 2. The molecular weight excluding hydrogens is 452 g/mol. The topological polar surface area (TPSA) is 71.2 Å².